The fraction of sp³-hybridized carbons (Fsp3) is 0.769. The second-order valence-electron chi connectivity index (χ2n) is 4.95. The highest BCUT2D eigenvalue weighted by Gasteiger charge is 2.41. The van der Waals surface area contributed by atoms with Crippen LogP contribution >= 0.6 is 0 Å². The Labute approximate surface area is 118 Å². The van der Waals surface area contributed by atoms with Crippen LogP contribution in [0.2, 0.25) is 0 Å². The molecule has 0 aromatic carbocycles. The van der Waals surface area contributed by atoms with E-state index in [0.29, 0.717) is 19.4 Å². The zero-order chi connectivity index (χ0) is 15.2. The highest BCUT2D eigenvalue weighted by atomic mass is 16.5. The number of hydrogen-bond acceptors (Lipinski definition) is 4. The largest absolute Gasteiger partial charge is 0.481 e. The first-order valence-electron chi connectivity index (χ1n) is 6.87. The summed E-state index contributed by atoms with van der Waals surface area (Å²) >= 11 is 0. The third-order valence-corrected chi connectivity index (χ3v) is 3.47. The van der Waals surface area contributed by atoms with Gasteiger partial charge in [0.25, 0.3) is 0 Å². The minimum atomic E-state index is -0.932. The van der Waals surface area contributed by atoms with Crippen molar-refractivity contribution in [3.05, 3.63) is 0 Å². The van der Waals surface area contributed by atoms with Crippen molar-refractivity contribution in [2.24, 2.45) is 0 Å². The number of carboxylic acids is 1. The van der Waals surface area contributed by atoms with Gasteiger partial charge in [-0.3, -0.25) is 9.59 Å². The predicted octanol–water partition coefficient (Wildman–Crippen LogP) is 0.978. The van der Waals surface area contributed by atoms with Gasteiger partial charge >= 0.3 is 18.0 Å². The summed E-state index contributed by atoms with van der Waals surface area (Å²) in [5.74, 6) is -1.40. The maximum Gasteiger partial charge on any atom is 0.325 e. The summed E-state index contributed by atoms with van der Waals surface area (Å²) in [5, 5.41) is 11.7. The van der Waals surface area contributed by atoms with E-state index in [2.05, 4.69) is 5.32 Å². The van der Waals surface area contributed by atoms with Crippen molar-refractivity contribution < 1.29 is 24.2 Å². The Morgan fingerprint density at radius 1 is 1.30 bits per heavy atom. The molecule has 2 N–H and O–H groups in total. The summed E-state index contributed by atoms with van der Waals surface area (Å²) in [4.78, 5) is 35.7. The molecule has 0 aromatic rings. The summed E-state index contributed by atoms with van der Waals surface area (Å²) in [6.07, 6.45) is 2.12. The van der Waals surface area contributed by atoms with Crippen LogP contribution in [0, 0.1) is 0 Å². The van der Waals surface area contributed by atoms with Crippen molar-refractivity contribution in [3.63, 3.8) is 0 Å². The minimum Gasteiger partial charge on any atom is -0.481 e. The summed E-state index contributed by atoms with van der Waals surface area (Å²) in [6.45, 7) is 3.95. The number of likely N-dealkylation sites (N-methyl/N-ethyl adjacent to an activating group) is 1. The molecule has 0 bridgehead atoms. The van der Waals surface area contributed by atoms with Crippen LogP contribution in [0.15, 0.2) is 0 Å². The van der Waals surface area contributed by atoms with Crippen molar-refractivity contribution in [1.82, 2.24) is 10.2 Å². The van der Waals surface area contributed by atoms with E-state index < -0.39 is 23.5 Å². The topological polar surface area (TPSA) is 95.9 Å². The third-order valence-electron chi connectivity index (χ3n) is 3.47. The normalized spacial score (nSPS) is 15.9. The standard InChI is InChI=1S/C13H22N2O5/c1-3-15(9-11(18)20-4-2)12(19)14-13(6-5-7-13)8-10(16)17/h3-9H2,1-2H3,(H,14,19)(H,16,17). The third kappa shape index (κ3) is 4.40. The molecule has 7 heteroatoms. The van der Waals surface area contributed by atoms with Crippen molar-refractivity contribution in [1.29, 1.82) is 0 Å². The van der Waals surface area contributed by atoms with Gasteiger partial charge in [-0.15, -0.1) is 0 Å². The number of nitrogens with one attached hydrogen (secondary N) is 1. The molecule has 1 aliphatic carbocycles. The van der Waals surface area contributed by atoms with Gasteiger partial charge in [0.15, 0.2) is 0 Å². The van der Waals surface area contributed by atoms with Crippen LogP contribution in [0.25, 0.3) is 0 Å². The van der Waals surface area contributed by atoms with Crippen LogP contribution in [0.1, 0.15) is 39.5 Å². The number of amides is 2. The van der Waals surface area contributed by atoms with Crippen LogP contribution in [-0.2, 0) is 14.3 Å². The molecule has 0 aromatic heterocycles. The number of carboxylic acid groups (broad SMARTS) is 1. The molecule has 0 saturated heterocycles. The molecular weight excluding hydrogens is 264 g/mol. The average molecular weight is 286 g/mol. The van der Waals surface area contributed by atoms with E-state index in [4.69, 9.17) is 9.84 Å². The number of hydrogen-bond donors (Lipinski definition) is 2. The lowest BCUT2D eigenvalue weighted by Crippen LogP contribution is -2.58. The van der Waals surface area contributed by atoms with Crippen molar-refractivity contribution in [2.75, 3.05) is 19.7 Å². The summed E-state index contributed by atoms with van der Waals surface area (Å²) in [6, 6.07) is -0.415. The lowest BCUT2D eigenvalue weighted by molar-refractivity contribution is -0.144. The maximum absolute atomic E-state index is 12.1. The highest BCUT2D eigenvalue weighted by molar-refractivity contribution is 5.82. The second-order valence-corrected chi connectivity index (χ2v) is 4.95. The van der Waals surface area contributed by atoms with E-state index >= 15 is 0 Å². The van der Waals surface area contributed by atoms with E-state index in [0.717, 1.165) is 6.42 Å². The Morgan fingerprint density at radius 2 is 1.95 bits per heavy atom. The lowest BCUT2D eigenvalue weighted by Gasteiger charge is -2.42. The molecular formula is C13H22N2O5. The zero-order valence-corrected chi connectivity index (χ0v) is 12.0. The monoisotopic (exact) mass is 286 g/mol. The van der Waals surface area contributed by atoms with Gasteiger partial charge in [0.05, 0.1) is 18.6 Å². The van der Waals surface area contributed by atoms with E-state index in [9.17, 15) is 14.4 Å². The molecule has 0 heterocycles. The van der Waals surface area contributed by atoms with Gasteiger partial charge in [0.1, 0.15) is 6.54 Å². The lowest BCUT2D eigenvalue weighted by atomic mass is 9.74. The van der Waals surface area contributed by atoms with E-state index in [1.54, 1.807) is 13.8 Å². The van der Waals surface area contributed by atoms with Crippen molar-refractivity contribution in [3.8, 4) is 0 Å². The van der Waals surface area contributed by atoms with Crippen molar-refractivity contribution in [2.45, 2.75) is 45.1 Å². The number of rotatable bonds is 7. The molecule has 1 fully saturated rings. The Balaban J connectivity index is 2.57. The Morgan fingerprint density at radius 3 is 2.35 bits per heavy atom. The van der Waals surface area contributed by atoms with Gasteiger partial charge in [-0.25, -0.2) is 4.79 Å². The van der Waals surface area contributed by atoms with Crippen LogP contribution in [0.3, 0.4) is 0 Å². The zero-order valence-electron chi connectivity index (χ0n) is 12.0. The van der Waals surface area contributed by atoms with Gasteiger partial charge in [0, 0.05) is 6.54 Å². The van der Waals surface area contributed by atoms with Crippen LogP contribution in [0.5, 0.6) is 0 Å². The summed E-state index contributed by atoms with van der Waals surface area (Å²) in [7, 11) is 0. The quantitative estimate of drug-likeness (QED) is 0.680. The number of carbonyl (C=O) groups excluding carboxylic acids is 2. The molecule has 20 heavy (non-hydrogen) atoms. The molecule has 7 nitrogen and oxygen atoms in total. The van der Waals surface area contributed by atoms with Crippen LogP contribution in [0.4, 0.5) is 4.79 Å². The molecule has 2 amide bonds. The van der Waals surface area contributed by atoms with Gasteiger partial charge in [-0.05, 0) is 33.1 Å². The highest BCUT2D eigenvalue weighted by Crippen LogP contribution is 2.35. The number of nitrogens with zero attached hydrogens (tertiary/aromatic N) is 1. The SMILES string of the molecule is CCOC(=O)CN(CC)C(=O)NC1(CC(=O)O)CCC1. The number of aliphatic carboxylic acids is 1. The van der Waals surface area contributed by atoms with E-state index in [1.807, 2.05) is 0 Å². The molecule has 0 atom stereocenters. The minimum absolute atomic E-state index is 0.0876. The first-order chi connectivity index (χ1) is 9.42. The number of carbonyl (C=O) groups is 3. The van der Waals surface area contributed by atoms with E-state index in [-0.39, 0.29) is 19.6 Å². The summed E-state index contributed by atoms with van der Waals surface area (Å²) in [5.41, 5.74) is -0.662. The molecule has 0 spiro atoms. The Bertz CT molecular complexity index is 379. The Hall–Kier alpha value is -1.79. The van der Waals surface area contributed by atoms with Gasteiger partial charge < -0.3 is 20.1 Å². The van der Waals surface area contributed by atoms with Gasteiger partial charge in [-0.1, -0.05) is 0 Å². The van der Waals surface area contributed by atoms with Crippen LogP contribution in [-0.4, -0.2) is 53.2 Å². The average Bonchev–Trinajstić information content (AvgIpc) is 2.32. The molecule has 1 saturated carbocycles. The van der Waals surface area contributed by atoms with E-state index in [1.165, 1.54) is 4.90 Å². The predicted molar refractivity (Wildman–Crippen MR) is 71.2 cm³/mol. The molecule has 0 unspecified atom stereocenters. The Kier molecular flexibility index (Phi) is 5.79. The molecule has 0 aliphatic heterocycles. The first-order valence-corrected chi connectivity index (χ1v) is 6.87. The number of urea groups is 1. The molecule has 1 aliphatic rings. The molecule has 0 radical (unpaired) electrons. The molecule has 114 valence electrons. The smallest absolute Gasteiger partial charge is 0.325 e. The fourth-order valence-electron chi connectivity index (χ4n) is 2.23. The number of esters is 1. The second kappa shape index (κ2) is 7.12. The van der Waals surface area contributed by atoms with Crippen molar-refractivity contribution >= 4 is 18.0 Å². The number of ether oxygens (including phenoxy) is 1. The van der Waals surface area contributed by atoms with Gasteiger partial charge in [-0.2, -0.15) is 0 Å². The summed E-state index contributed by atoms with van der Waals surface area (Å²) < 4.78 is 4.80. The fourth-order valence-corrected chi connectivity index (χ4v) is 2.23. The molecule has 1 rings (SSSR count). The maximum atomic E-state index is 12.1. The van der Waals surface area contributed by atoms with Crippen LogP contribution < -0.4 is 5.32 Å². The van der Waals surface area contributed by atoms with Gasteiger partial charge in [0.2, 0.25) is 0 Å². The first kappa shape index (κ1) is 16.3.